The average molecular weight is 661 g/mol. The first-order chi connectivity index (χ1) is 25.8. The Kier molecular flexibility index (Phi) is 7.18. The molecule has 0 atom stereocenters. The van der Waals surface area contributed by atoms with Crippen LogP contribution in [0.4, 0.5) is 0 Å². The number of nitrogens with zero attached hydrogens (tertiary/aromatic N) is 2. The van der Waals surface area contributed by atoms with E-state index in [2.05, 4.69) is 181 Å². The zero-order valence-electron chi connectivity index (χ0n) is 28.4. The van der Waals surface area contributed by atoms with Gasteiger partial charge in [-0.3, -0.25) is 4.98 Å². The van der Waals surface area contributed by atoms with E-state index in [9.17, 15) is 0 Å². The lowest BCUT2D eigenvalue weighted by atomic mass is 9.84. The van der Waals surface area contributed by atoms with Gasteiger partial charge in [0.05, 0.1) is 11.4 Å². The summed E-state index contributed by atoms with van der Waals surface area (Å²) < 4.78 is 0. The number of hydrogen-bond acceptors (Lipinski definition) is 2. The van der Waals surface area contributed by atoms with Gasteiger partial charge in [-0.15, -0.1) is 0 Å². The summed E-state index contributed by atoms with van der Waals surface area (Å²) in [6.07, 6.45) is 3.70. The molecule has 0 aliphatic carbocycles. The molecule has 0 aliphatic rings. The number of hydrogen-bond donors (Lipinski definition) is 0. The molecule has 8 aromatic carbocycles. The van der Waals surface area contributed by atoms with Crippen molar-refractivity contribution in [3.8, 4) is 55.9 Å². The highest BCUT2D eigenvalue weighted by Crippen LogP contribution is 2.45. The molecule has 242 valence electrons. The van der Waals surface area contributed by atoms with Gasteiger partial charge in [0, 0.05) is 23.5 Å². The molecule has 2 heteroatoms. The zero-order valence-corrected chi connectivity index (χ0v) is 28.4. The van der Waals surface area contributed by atoms with E-state index in [1.54, 1.807) is 6.20 Å². The van der Waals surface area contributed by atoms with Crippen molar-refractivity contribution in [2.24, 2.45) is 0 Å². The number of aromatic nitrogens is 2. The van der Waals surface area contributed by atoms with E-state index in [0.29, 0.717) is 0 Å². The largest absolute Gasteiger partial charge is 0.264 e. The Hall–Kier alpha value is -6.90. The number of fused-ring (bicyclic) bond motifs is 4. The topological polar surface area (TPSA) is 25.8 Å². The summed E-state index contributed by atoms with van der Waals surface area (Å²) in [5.41, 5.74) is 11.2. The van der Waals surface area contributed by atoms with Crippen LogP contribution in [0, 0.1) is 0 Å². The molecule has 0 amide bonds. The maximum atomic E-state index is 5.23. The van der Waals surface area contributed by atoms with E-state index in [-0.39, 0.29) is 0 Å². The molecule has 2 heterocycles. The molecule has 0 fully saturated rings. The Balaban J connectivity index is 1.19. The van der Waals surface area contributed by atoms with Gasteiger partial charge in [0.1, 0.15) is 0 Å². The van der Waals surface area contributed by atoms with Crippen molar-refractivity contribution in [3.63, 3.8) is 0 Å². The van der Waals surface area contributed by atoms with Crippen LogP contribution in [0.5, 0.6) is 0 Å². The van der Waals surface area contributed by atoms with Gasteiger partial charge in [-0.2, -0.15) is 0 Å². The van der Waals surface area contributed by atoms with Gasteiger partial charge in [-0.25, -0.2) is 4.98 Å². The summed E-state index contributed by atoms with van der Waals surface area (Å²) in [5, 5.41) is 9.87. The lowest BCUT2D eigenvalue weighted by molar-refractivity contribution is 1.32. The zero-order chi connectivity index (χ0) is 34.4. The Morgan fingerprint density at radius 3 is 1.44 bits per heavy atom. The smallest absolute Gasteiger partial charge is 0.0709 e. The van der Waals surface area contributed by atoms with Crippen LogP contribution in [-0.2, 0) is 0 Å². The van der Waals surface area contributed by atoms with E-state index in [1.165, 1.54) is 65.3 Å². The standard InChI is InChI=1S/C50H32N2/c1-3-11-37-29-40(24-20-33(37)9-1)49-43-14-5-6-15-44(43)50(41-25-21-34-10-2-4-12-38(34)30-41)46-31-39(26-27-45(46)49)48-17-7-16-47(52-48)36-22-18-35(19-23-36)42-13-8-28-51-32-42/h1-32H. The molecule has 10 rings (SSSR count). The molecule has 0 N–H and O–H groups in total. The molecule has 0 unspecified atom stereocenters. The van der Waals surface area contributed by atoms with E-state index in [0.717, 1.165) is 33.6 Å². The van der Waals surface area contributed by atoms with Gasteiger partial charge in [0.15, 0.2) is 0 Å². The fourth-order valence-corrected chi connectivity index (χ4v) is 7.77. The summed E-state index contributed by atoms with van der Waals surface area (Å²) >= 11 is 0. The molecule has 0 radical (unpaired) electrons. The molecule has 0 aliphatic heterocycles. The Morgan fingerprint density at radius 2 is 0.808 bits per heavy atom. The van der Waals surface area contributed by atoms with Crippen LogP contribution < -0.4 is 0 Å². The predicted molar refractivity (Wildman–Crippen MR) is 219 cm³/mol. The van der Waals surface area contributed by atoms with E-state index >= 15 is 0 Å². The van der Waals surface area contributed by atoms with Crippen LogP contribution in [0.2, 0.25) is 0 Å². The minimum absolute atomic E-state index is 0.945. The van der Waals surface area contributed by atoms with Gasteiger partial charge in [-0.1, -0.05) is 146 Å². The van der Waals surface area contributed by atoms with Crippen molar-refractivity contribution in [2.45, 2.75) is 0 Å². The second-order valence-corrected chi connectivity index (χ2v) is 13.4. The van der Waals surface area contributed by atoms with Crippen LogP contribution >= 0.6 is 0 Å². The molecule has 0 saturated heterocycles. The number of pyridine rings is 2. The highest BCUT2D eigenvalue weighted by molar-refractivity contribution is 6.22. The molecule has 0 saturated carbocycles. The average Bonchev–Trinajstić information content (AvgIpc) is 3.22. The maximum Gasteiger partial charge on any atom is 0.0709 e. The van der Waals surface area contributed by atoms with Gasteiger partial charge in [0.2, 0.25) is 0 Å². The van der Waals surface area contributed by atoms with Crippen LogP contribution in [-0.4, -0.2) is 9.97 Å². The minimum atomic E-state index is 0.945. The summed E-state index contributed by atoms with van der Waals surface area (Å²) in [7, 11) is 0. The van der Waals surface area contributed by atoms with E-state index in [1.807, 2.05) is 12.3 Å². The number of rotatable bonds is 5. The van der Waals surface area contributed by atoms with Crippen molar-refractivity contribution < 1.29 is 0 Å². The van der Waals surface area contributed by atoms with E-state index < -0.39 is 0 Å². The molecule has 10 aromatic rings. The second kappa shape index (κ2) is 12.5. The van der Waals surface area contributed by atoms with Crippen molar-refractivity contribution in [1.82, 2.24) is 9.97 Å². The summed E-state index contributed by atoms with van der Waals surface area (Å²) in [6.45, 7) is 0. The third-order valence-electron chi connectivity index (χ3n) is 10.3. The molecular formula is C50H32N2. The van der Waals surface area contributed by atoms with Crippen molar-refractivity contribution >= 4 is 43.1 Å². The Bertz CT molecular complexity index is 2940. The third kappa shape index (κ3) is 5.21. The maximum absolute atomic E-state index is 5.23. The minimum Gasteiger partial charge on any atom is -0.264 e. The lowest BCUT2D eigenvalue weighted by Crippen LogP contribution is -1.93. The normalized spacial score (nSPS) is 11.5. The monoisotopic (exact) mass is 660 g/mol. The Labute approximate surface area is 302 Å². The second-order valence-electron chi connectivity index (χ2n) is 13.4. The van der Waals surface area contributed by atoms with Crippen molar-refractivity contribution in [3.05, 3.63) is 194 Å². The summed E-state index contributed by atoms with van der Waals surface area (Å²) in [6, 6.07) is 65.7. The van der Waals surface area contributed by atoms with Crippen molar-refractivity contribution in [1.29, 1.82) is 0 Å². The lowest BCUT2D eigenvalue weighted by Gasteiger charge is -2.19. The first kappa shape index (κ1) is 30.0. The molecule has 2 aromatic heterocycles. The fourth-order valence-electron chi connectivity index (χ4n) is 7.77. The van der Waals surface area contributed by atoms with Crippen LogP contribution in [0.15, 0.2) is 194 Å². The van der Waals surface area contributed by atoms with Crippen LogP contribution in [0.1, 0.15) is 0 Å². The first-order valence-electron chi connectivity index (χ1n) is 17.7. The van der Waals surface area contributed by atoms with Gasteiger partial charge in [0.25, 0.3) is 0 Å². The van der Waals surface area contributed by atoms with Crippen LogP contribution in [0.3, 0.4) is 0 Å². The summed E-state index contributed by atoms with van der Waals surface area (Å²) in [5.74, 6) is 0. The van der Waals surface area contributed by atoms with E-state index in [4.69, 9.17) is 4.98 Å². The SMILES string of the molecule is c1cncc(-c2ccc(-c3cccc(-c4ccc5c(-c6ccc7ccccc7c6)c6ccccc6c(-c6ccc7ccccc7c6)c5c4)n3)cc2)c1. The fraction of sp³-hybridized carbons (Fsp3) is 0. The molecule has 52 heavy (non-hydrogen) atoms. The van der Waals surface area contributed by atoms with Gasteiger partial charge < -0.3 is 0 Å². The highest BCUT2D eigenvalue weighted by atomic mass is 14.7. The first-order valence-corrected chi connectivity index (χ1v) is 17.7. The number of benzene rings is 8. The molecule has 0 bridgehead atoms. The summed E-state index contributed by atoms with van der Waals surface area (Å²) in [4.78, 5) is 9.52. The van der Waals surface area contributed by atoms with Crippen molar-refractivity contribution in [2.75, 3.05) is 0 Å². The molecule has 0 spiro atoms. The van der Waals surface area contributed by atoms with Gasteiger partial charge >= 0.3 is 0 Å². The Morgan fingerprint density at radius 1 is 0.288 bits per heavy atom. The third-order valence-corrected chi connectivity index (χ3v) is 10.3. The highest BCUT2D eigenvalue weighted by Gasteiger charge is 2.18. The quantitative estimate of drug-likeness (QED) is 0.172. The van der Waals surface area contributed by atoms with Crippen LogP contribution in [0.25, 0.3) is 99.0 Å². The molecular weight excluding hydrogens is 629 g/mol. The molecule has 2 nitrogen and oxygen atoms in total. The van der Waals surface area contributed by atoms with Gasteiger partial charge in [-0.05, 0) is 113 Å². The predicted octanol–water partition coefficient (Wildman–Crippen LogP) is 13.4.